The smallest absolute Gasteiger partial charge is 0.407 e. The Morgan fingerprint density at radius 3 is 2.11 bits per heavy atom. The second-order valence-corrected chi connectivity index (χ2v) is 18.0. The molecule has 2 heterocycles. The Kier molecular flexibility index (Phi) is 20.8. The first-order valence-corrected chi connectivity index (χ1v) is 24.4. The van der Waals surface area contributed by atoms with Gasteiger partial charge >= 0.3 is 12.1 Å². The molecule has 71 heavy (non-hydrogen) atoms. The van der Waals surface area contributed by atoms with Crippen molar-refractivity contribution in [3.05, 3.63) is 89.0 Å². The summed E-state index contributed by atoms with van der Waals surface area (Å²) < 4.78 is 5.32. The zero-order valence-electron chi connectivity index (χ0n) is 41.2. The van der Waals surface area contributed by atoms with Gasteiger partial charge in [-0.3, -0.25) is 24.0 Å². The first-order chi connectivity index (χ1) is 34.0. The van der Waals surface area contributed by atoms with Gasteiger partial charge in [-0.2, -0.15) is 0 Å². The highest BCUT2D eigenvalue weighted by Gasteiger charge is 2.27. The molecule has 1 saturated heterocycles. The molecule has 12 N–H and O–H groups in total. The lowest BCUT2D eigenvalue weighted by atomic mass is 9.95. The maximum atomic E-state index is 13.4. The molecule has 2 atom stereocenters. The Balaban J connectivity index is 0.994. The van der Waals surface area contributed by atoms with Gasteiger partial charge in [-0.25, -0.2) is 14.6 Å². The number of nitrogens with one attached hydrogen (secondary N) is 6. The average molecular weight is 979 g/mol. The summed E-state index contributed by atoms with van der Waals surface area (Å²) in [5.41, 5.74) is 22.3. The number of benzene rings is 3. The molecular weight excluding hydrogens is 909 g/mol. The van der Waals surface area contributed by atoms with Crippen molar-refractivity contribution < 1.29 is 38.3 Å². The van der Waals surface area contributed by atoms with Gasteiger partial charge in [0.1, 0.15) is 18.5 Å². The summed E-state index contributed by atoms with van der Waals surface area (Å²) in [6.45, 7) is 10.9. The van der Waals surface area contributed by atoms with Gasteiger partial charge < -0.3 is 63.6 Å². The van der Waals surface area contributed by atoms with Crippen molar-refractivity contribution in [2.45, 2.75) is 91.3 Å². The third kappa shape index (κ3) is 16.9. The minimum absolute atomic E-state index is 0.0370. The molecule has 20 heteroatoms. The van der Waals surface area contributed by atoms with Gasteiger partial charge in [0, 0.05) is 91.9 Å². The van der Waals surface area contributed by atoms with Gasteiger partial charge in [-0.15, -0.1) is 0 Å². The monoisotopic (exact) mass is 979 g/mol. The molecule has 1 fully saturated rings. The summed E-state index contributed by atoms with van der Waals surface area (Å²) in [7, 11) is 0. The highest BCUT2D eigenvalue weighted by Crippen LogP contribution is 2.30. The fraction of sp³-hybridized carbons (Fsp3) is 0.451. The van der Waals surface area contributed by atoms with E-state index in [1.807, 2.05) is 49.1 Å². The van der Waals surface area contributed by atoms with Crippen LogP contribution in [0.2, 0.25) is 0 Å². The zero-order chi connectivity index (χ0) is 51.5. The number of hydrogen-bond donors (Lipinski definition) is 9. The lowest BCUT2D eigenvalue weighted by molar-refractivity contribution is -0.128. The van der Waals surface area contributed by atoms with Gasteiger partial charge in [0.15, 0.2) is 0 Å². The summed E-state index contributed by atoms with van der Waals surface area (Å²) in [5, 5.41) is 16.4. The van der Waals surface area contributed by atoms with Crippen LogP contribution in [-0.2, 0) is 30.5 Å². The molecule has 0 radical (unpaired) electrons. The van der Waals surface area contributed by atoms with Gasteiger partial charge in [0.25, 0.3) is 5.91 Å². The van der Waals surface area contributed by atoms with Gasteiger partial charge in [-0.05, 0) is 105 Å². The van der Waals surface area contributed by atoms with Crippen LogP contribution < -0.4 is 54.0 Å². The van der Waals surface area contributed by atoms with E-state index >= 15 is 0 Å². The number of primary amides is 1. The van der Waals surface area contributed by atoms with Gasteiger partial charge in [0.05, 0.1) is 11.7 Å². The molecule has 0 aromatic heterocycles. The quantitative estimate of drug-likeness (QED) is 0.0597. The second-order valence-electron chi connectivity index (χ2n) is 18.0. The van der Waals surface area contributed by atoms with Crippen LogP contribution in [-0.4, -0.2) is 110 Å². The number of piperidine rings is 1. The second kappa shape index (κ2) is 27.1. The topological polar surface area (TPSA) is 298 Å². The van der Waals surface area contributed by atoms with Crippen LogP contribution in [0.4, 0.5) is 32.3 Å². The van der Waals surface area contributed by atoms with Crippen molar-refractivity contribution in [2.24, 2.45) is 34.0 Å². The number of hydrogen-bond acceptors (Lipinski definition) is 12. The Bertz CT molecular complexity index is 2390. The molecule has 0 spiro atoms. The predicted octanol–water partition coefficient (Wildman–Crippen LogP) is 4.48. The molecule has 0 saturated carbocycles. The van der Waals surface area contributed by atoms with Crippen LogP contribution in [0.1, 0.15) is 94.1 Å². The van der Waals surface area contributed by atoms with Crippen molar-refractivity contribution in [1.82, 2.24) is 26.2 Å². The lowest BCUT2D eigenvalue weighted by Crippen LogP contribution is -2.51. The fourth-order valence-corrected chi connectivity index (χ4v) is 8.05. The van der Waals surface area contributed by atoms with Crippen molar-refractivity contribution in [3.63, 3.8) is 0 Å². The molecule has 3 aromatic carbocycles. The van der Waals surface area contributed by atoms with E-state index in [2.05, 4.69) is 41.8 Å². The third-order valence-corrected chi connectivity index (χ3v) is 12.1. The maximum Gasteiger partial charge on any atom is 0.407 e. The summed E-state index contributed by atoms with van der Waals surface area (Å²) in [6, 6.07) is 17.0. The van der Waals surface area contributed by atoms with Crippen molar-refractivity contribution in [1.29, 1.82) is 0 Å². The standard InChI is InChI=1S/C51H70N12O8/c1-5-24-63(25-6-2)49(68)37-28-35-11-12-36(29-42(35)60-43(52)30-37)46(65)58-39-15-17-40(18-16-39)62-26-19-34(20-27-62)45(64)55-22-23-57-51(70)71-31-33-9-13-38(14-10-33)59-47(66)41(8-7-21-56-50(54)69)61-48(67)44(53)32(3)4/h9-18,28-29,32,34,41,44H,5-8,19-27,30-31,53H2,1-4H3,(H2,52,60)(H,55,64)(H,57,70)(H,58,65)(H,59,66)(H,61,67)(H3,54,56,69)/t41-,44-/m0/s1. The largest absolute Gasteiger partial charge is 0.445 e. The summed E-state index contributed by atoms with van der Waals surface area (Å²) in [5.74, 6) is -1.38. The maximum absolute atomic E-state index is 13.4. The number of amides is 8. The van der Waals surface area contributed by atoms with Crippen LogP contribution in [0.3, 0.4) is 0 Å². The predicted molar refractivity (Wildman–Crippen MR) is 275 cm³/mol. The highest BCUT2D eigenvalue weighted by atomic mass is 16.5. The number of urea groups is 1. The number of alkyl carbamates (subject to hydrolysis) is 1. The Labute approximate surface area is 415 Å². The average Bonchev–Trinajstić information content (AvgIpc) is 3.52. The molecule has 3 aromatic rings. The minimum atomic E-state index is -0.912. The van der Waals surface area contributed by atoms with E-state index in [-0.39, 0.29) is 68.6 Å². The number of fused-ring (bicyclic) bond motifs is 1. The Hall–Kier alpha value is -7.48. The minimum Gasteiger partial charge on any atom is -0.445 e. The molecule has 0 unspecified atom stereocenters. The molecule has 2 aliphatic rings. The molecule has 382 valence electrons. The number of rotatable bonds is 23. The Morgan fingerprint density at radius 1 is 0.817 bits per heavy atom. The number of carbonyl (C=O) groups is 7. The number of amidine groups is 1. The number of ether oxygens (including phenoxy) is 1. The van der Waals surface area contributed by atoms with E-state index in [0.717, 1.165) is 24.1 Å². The molecule has 20 nitrogen and oxygen atoms in total. The van der Waals surface area contributed by atoms with Crippen molar-refractivity contribution >= 4 is 76.3 Å². The SMILES string of the molecule is CCCN(CCC)C(=O)C1=Cc2ccc(C(=O)Nc3ccc(N4CCC(C(=O)NCCNC(=O)OCc5ccc(NC(=O)[C@H](CCCNC(N)=O)NC(=O)[C@@H](N)C(C)C)cc5)CC4)cc3)cc2N=C(N)C1. The van der Waals surface area contributed by atoms with Crippen LogP contribution in [0, 0.1) is 11.8 Å². The number of nitrogens with two attached hydrogens (primary N) is 3. The summed E-state index contributed by atoms with van der Waals surface area (Å²) in [6.07, 6.45) is 5.01. The molecule has 0 bridgehead atoms. The van der Waals surface area contributed by atoms with Gasteiger partial charge in [-0.1, -0.05) is 45.9 Å². The normalized spacial score (nSPS) is 14.3. The third-order valence-electron chi connectivity index (χ3n) is 12.1. The van der Waals surface area contributed by atoms with Crippen molar-refractivity contribution in [3.8, 4) is 0 Å². The number of carbonyl (C=O) groups excluding carboxylic acids is 7. The van der Waals surface area contributed by atoms with E-state index < -0.39 is 36.0 Å². The van der Waals surface area contributed by atoms with Gasteiger partial charge in [0.2, 0.25) is 23.6 Å². The highest BCUT2D eigenvalue weighted by molar-refractivity contribution is 6.08. The van der Waals surface area contributed by atoms with Crippen LogP contribution in [0.25, 0.3) is 6.08 Å². The number of nitrogens with zero attached hydrogens (tertiary/aromatic N) is 3. The zero-order valence-corrected chi connectivity index (χ0v) is 41.2. The van der Waals surface area contributed by atoms with E-state index in [0.29, 0.717) is 85.0 Å². The van der Waals surface area contributed by atoms with E-state index in [9.17, 15) is 33.6 Å². The summed E-state index contributed by atoms with van der Waals surface area (Å²) >= 11 is 0. The van der Waals surface area contributed by atoms with E-state index in [1.165, 1.54) is 0 Å². The van der Waals surface area contributed by atoms with Crippen molar-refractivity contribution in [2.75, 3.05) is 61.3 Å². The number of aliphatic imine (C=N–C) groups is 1. The molecule has 8 amide bonds. The molecular formula is C51H70N12O8. The Morgan fingerprint density at radius 2 is 1.46 bits per heavy atom. The molecule has 0 aliphatic carbocycles. The fourth-order valence-electron chi connectivity index (χ4n) is 8.05. The van der Waals surface area contributed by atoms with Crippen LogP contribution >= 0.6 is 0 Å². The number of anilines is 3. The van der Waals surface area contributed by atoms with Crippen LogP contribution in [0.5, 0.6) is 0 Å². The molecule has 5 rings (SSSR count). The van der Waals surface area contributed by atoms with E-state index in [1.54, 1.807) is 56.3 Å². The lowest BCUT2D eigenvalue weighted by Gasteiger charge is -2.33. The first-order valence-electron chi connectivity index (χ1n) is 24.4. The first kappa shape index (κ1) is 54.5. The summed E-state index contributed by atoms with van der Waals surface area (Å²) in [4.78, 5) is 97.4. The van der Waals surface area contributed by atoms with Crippen LogP contribution in [0.15, 0.2) is 77.3 Å². The molecule has 2 aliphatic heterocycles. The van der Waals surface area contributed by atoms with E-state index in [4.69, 9.17) is 21.9 Å².